The van der Waals surface area contributed by atoms with Crippen molar-refractivity contribution in [1.82, 2.24) is 0 Å². The number of nitrogens with zero attached hydrogens (tertiary/aromatic N) is 2. The molecule has 180 valence electrons. The summed E-state index contributed by atoms with van der Waals surface area (Å²) in [6.45, 7) is 4.78. The van der Waals surface area contributed by atoms with Gasteiger partial charge in [0.2, 0.25) is 5.91 Å². The highest BCUT2D eigenvalue weighted by Gasteiger charge is 2.37. The van der Waals surface area contributed by atoms with E-state index >= 15 is 0 Å². The highest BCUT2D eigenvalue weighted by Crippen LogP contribution is 2.39. The molecule has 0 aromatic heterocycles. The third kappa shape index (κ3) is 6.02. The quantitative estimate of drug-likeness (QED) is 0.397. The fourth-order valence-electron chi connectivity index (χ4n) is 4.26. The van der Waals surface area contributed by atoms with Crippen LogP contribution in [0.25, 0.3) is 0 Å². The van der Waals surface area contributed by atoms with Crippen LogP contribution in [0.2, 0.25) is 5.02 Å². The summed E-state index contributed by atoms with van der Waals surface area (Å²) in [6, 6.07) is 13.6. The van der Waals surface area contributed by atoms with Gasteiger partial charge >= 0.3 is 0 Å². The van der Waals surface area contributed by atoms with E-state index < -0.39 is 0 Å². The van der Waals surface area contributed by atoms with Crippen LogP contribution in [0.1, 0.15) is 63.0 Å². The van der Waals surface area contributed by atoms with Crippen molar-refractivity contribution >= 4 is 45.7 Å². The summed E-state index contributed by atoms with van der Waals surface area (Å²) in [5.74, 6) is 1.05. The molecule has 0 radical (unpaired) electrons. The van der Waals surface area contributed by atoms with Gasteiger partial charge in [0, 0.05) is 16.3 Å². The number of thioether (sulfide) groups is 1. The summed E-state index contributed by atoms with van der Waals surface area (Å²) in [5, 5.41) is 4.46. The van der Waals surface area contributed by atoms with Gasteiger partial charge in [0.15, 0.2) is 5.66 Å². The van der Waals surface area contributed by atoms with Gasteiger partial charge in [-0.1, -0.05) is 49.2 Å². The van der Waals surface area contributed by atoms with Gasteiger partial charge in [0.05, 0.1) is 18.1 Å². The van der Waals surface area contributed by atoms with Gasteiger partial charge in [-0.3, -0.25) is 9.79 Å². The molecule has 5 nitrogen and oxygen atoms in total. The van der Waals surface area contributed by atoms with E-state index in [9.17, 15) is 4.79 Å². The molecule has 1 aliphatic carbocycles. The molecule has 0 unspecified atom stereocenters. The highest BCUT2D eigenvalue weighted by molar-refractivity contribution is 8.16. The maximum atomic E-state index is 12.7. The molecule has 0 bridgehead atoms. The highest BCUT2D eigenvalue weighted by atomic mass is 35.5. The van der Waals surface area contributed by atoms with Crippen molar-refractivity contribution in [2.75, 3.05) is 17.7 Å². The largest absolute Gasteiger partial charge is 0.494 e. The van der Waals surface area contributed by atoms with Crippen LogP contribution in [0.4, 0.5) is 5.69 Å². The predicted molar refractivity (Wildman–Crippen MR) is 144 cm³/mol. The van der Waals surface area contributed by atoms with E-state index in [-0.39, 0.29) is 17.3 Å². The molecule has 1 N–H and O–H groups in total. The predicted octanol–water partition coefficient (Wildman–Crippen LogP) is 7.06. The smallest absolute Gasteiger partial charge is 0.234 e. The Morgan fingerprint density at radius 2 is 1.88 bits per heavy atom. The van der Waals surface area contributed by atoms with Crippen molar-refractivity contribution in [3.63, 3.8) is 0 Å². The van der Waals surface area contributed by atoms with Crippen LogP contribution in [0.3, 0.4) is 0 Å². The molecule has 0 atom stereocenters. The zero-order chi connectivity index (χ0) is 24.0. The number of amides is 1. The number of halogens is 1. The van der Waals surface area contributed by atoms with Gasteiger partial charge in [0.1, 0.15) is 10.8 Å². The topological polar surface area (TPSA) is 63.1 Å². The number of unbranched alkanes of at least 4 members (excludes halogenated alkanes) is 1. The SMILES string of the molecule is CCCCOc1ccc(C2=NC3(CCCCC3)N=C2SCC(=O)Nc2cccc(Cl)c2C)cc1. The van der Waals surface area contributed by atoms with Crippen LogP contribution >= 0.6 is 23.4 Å². The van der Waals surface area contributed by atoms with E-state index in [1.54, 1.807) is 0 Å². The monoisotopic (exact) mass is 497 g/mol. The van der Waals surface area contributed by atoms with Crippen molar-refractivity contribution in [3.8, 4) is 5.75 Å². The van der Waals surface area contributed by atoms with Crippen LogP contribution in [0, 0.1) is 6.92 Å². The van der Waals surface area contributed by atoms with Gasteiger partial charge in [-0.15, -0.1) is 0 Å². The fraction of sp³-hybridized carbons (Fsp3) is 0.444. The minimum atomic E-state index is -0.369. The summed E-state index contributed by atoms with van der Waals surface area (Å²) >= 11 is 7.65. The van der Waals surface area contributed by atoms with Crippen molar-refractivity contribution in [2.45, 2.75) is 64.5 Å². The molecule has 1 saturated carbocycles. The number of carbonyl (C=O) groups excluding carboxylic acids is 1. The summed E-state index contributed by atoms with van der Waals surface area (Å²) in [4.78, 5) is 22.9. The van der Waals surface area contributed by atoms with Crippen LogP contribution in [0.5, 0.6) is 5.75 Å². The molecule has 7 heteroatoms. The van der Waals surface area contributed by atoms with Gasteiger partial charge in [-0.25, -0.2) is 4.99 Å². The normalized spacial score (nSPS) is 16.8. The Morgan fingerprint density at radius 1 is 1.12 bits per heavy atom. The first kappa shape index (κ1) is 24.8. The lowest BCUT2D eigenvalue weighted by molar-refractivity contribution is -0.113. The summed E-state index contributed by atoms with van der Waals surface area (Å²) in [5.41, 5.74) is 3.14. The van der Waals surface area contributed by atoms with Gasteiger partial charge in [-0.05, 0) is 81.0 Å². The second kappa shape index (κ2) is 11.4. The molecule has 1 fully saturated rings. The lowest BCUT2D eigenvalue weighted by Crippen LogP contribution is -2.25. The third-order valence-corrected chi connectivity index (χ3v) is 7.64. The fourth-order valence-corrected chi connectivity index (χ4v) is 5.31. The van der Waals surface area contributed by atoms with E-state index in [4.69, 9.17) is 26.3 Å². The molecule has 2 aliphatic rings. The summed E-state index contributed by atoms with van der Waals surface area (Å²) in [7, 11) is 0. The Balaban J connectivity index is 1.47. The number of carbonyl (C=O) groups is 1. The minimum Gasteiger partial charge on any atom is -0.494 e. The van der Waals surface area contributed by atoms with Crippen molar-refractivity contribution in [3.05, 3.63) is 58.6 Å². The van der Waals surface area contributed by atoms with Crippen LogP contribution in [0.15, 0.2) is 52.4 Å². The van der Waals surface area contributed by atoms with Crippen LogP contribution in [-0.4, -0.2) is 34.7 Å². The van der Waals surface area contributed by atoms with Crippen molar-refractivity contribution < 1.29 is 9.53 Å². The van der Waals surface area contributed by atoms with Crippen LogP contribution in [-0.2, 0) is 4.79 Å². The zero-order valence-electron chi connectivity index (χ0n) is 19.9. The first-order valence-electron chi connectivity index (χ1n) is 12.1. The maximum Gasteiger partial charge on any atom is 0.234 e. The first-order chi connectivity index (χ1) is 16.5. The number of anilines is 1. The van der Waals surface area contributed by atoms with E-state index in [1.165, 1.54) is 18.2 Å². The molecule has 1 spiro atoms. The molecule has 2 aromatic rings. The Bertz CT molecular complexity index is 1080. The molecule has 1 amide bonds. The number of rotatable bonds is 8. The third-order valence-electron chi connectivity index (χ3n) is 6.26. The van der Waals surface area contributed by atoms with Crippen molar-refractivity contribution in [2.24, 2.45) is 9.98 Å². The Kier molecular flexibility index (Phi) is 8.32. The van der Waals surface area contributed by atoms with E-state index in [0.29, 0.717) is 5.02 Å². The maximum absolute atomic E-state index is 12.7. The second-order valence-electron chi connectivity index (χ2n) is 8.90. The molecule has 1 aliphatic heterocycles. The lowest BCUT2D eigenvalue weighted by Gasteiger charge is -2.27. The average Bonchev–Trinajstić information content (AvgIpc) is 3.19. The Morgan fingerprint density at radius 3 is 2.62 bits per heavy atom. The molecule has 34 heavy (non-hydrogen) atoms. The van der Waals surface area contributed by atoms with Gasteiger partial charge in [-0.2, -0.15) is 0 Å². The second-order valence-corrected chi connectivity index (χ2v) is 10.3. The first-order valence-corrected chi connectivity index (χ1v) is 13.5. The number of ether oxygens (including phenoxy) is 1. The van der Waals surface area contributed by atoms with Crippen LogP contribution < -0.4 is 10.1 Å². The van der Waals surface area contributed by atoms with Gasteiger partial charge in [0.25, 0.3) is 0 Å². The van der Waals surface area contributed by atoms with Gasteiger partial charge < -0.3 is 10.1 Å². The summed E-state index contributed by atoms with van der Waals surface area (Å²) in [6.07, 6.45) is 7.59. The molecule has 1 heterocycles. The standard InChI is InChI=1S/C27H32ClN3O2S/c1-3-4-17-33-21-13-11-20(12-14-21)25-26(31-27(30-25)15-6-5-7-16-27)34-18-24(32)29-23-10-8-9-22(28)19(23)2/h8-14H,3-7,15-18H2,1-2H3,(H,29,32). The number of aliphatic imine (C=N–C) groups is 2. The average molecular weight is 498 g/mol. The number of nitrogens with one attached hydrogen (secondary N) is 1. The summed E-state index contributed by atoms with van der Waals surface area (Å²) < 4.78 is 5.82. The molecule has 4 rings (SSSR count). The van der Waals surface area contributed by atoms with E-state index in [2.05, 4.69) is 12.2 Å². The number of benzene rings is 2. The number of hydrogen-bond acceptors (Lipinski definition) is 5. The minimum absolute atomic E-state index is 0.0818. The van der Waals surface area contributed by atoms with E-state index in [0.717, 1.165) is 78.5 Å². The zero-order valence-corrected chi connectivity index (χ0v) is 21.5. The molecule has 0 saturated heterocycles. The molecule has 2 aromatic carbocycles. The Hall–Kier alpha value is -2.31. The number of hydrogen-bond donors (Lipinski definition) is 1. The van der Waals surface area contributed by atoms with E-state index in [1.807, 2.05) is 49.4 Å². The molecular weight excluding hydrogens is 466 g/mol. The Labute approximate surface area is 211 Å². The van der Waals surface area contributed by atoms with Crippen molar-refractivity contribution in [1.29, 1.82) is 0 Å². The lowest BCUT2D eigenvalue weighted by atomic mass is 9.90. The molecular formula is C27H32ClN3O2S.